The monoisotopic (exact) mass is 348 g/mol. The lowest BCUT2D eigenvalue weighted by Crippen LogP contribution is -2.34. The highest BCUT2D eigenvalue weighted by Gasteiger charge is 2.42. The topological polar surface area (TPSA) is 49.9 Å². The van der Waals surface area contributed by atoms with E-state index in [0.717, 1.165) is 0 Å². The molecule has 1 saturated heterocycles. The molecule has 5 nitrogen and oxygen atoms in total. The van der Waals surface area contributed by atoms with Gasteiger partial charge in [-0.1, -0.05) is 29.3 Å². The second-order valence-electron chi connectivity index (χ2n) is 4.44. The van der Waals surface area contributed by atoms with Crippen molar-refractivity contribution in [3.8, 4) is 0 Å². The van der Waals surface area contributed by atoms with Crippen LogP contribution in [-0.2, 0) is 14.4 Å². The standard InChI is InChI=1S/C13H14Cl2N2O3S/c1-8(18)16-6-12(19)17(20-7-21-2)13(16)10-4-3-9(14)5-11(10)15/h3-5,13H,6-7H2,1-2H3/t13-/m1/s1. The van der Waals surface area contributed by atoms with Gasteiger partial charge in [0.1, 0.15) is 12.5 Å². The van der Waals surface area contributed by atoms with Crippen molar-refractivity contribution >= 4 is 46.8 Å². The summed E-state index contributed by atoms with van der Waals surface area (Å²) in [6.45, 7) is 1.37. The second kappa shape index (κ2) is 6.87. The Hall–Kier alpha value is -0.950. The van der Waals surface area contributed by atoms with Gasteiger partial charge >= 0.3 is 0 Å². The number of carbonyl (C=O) groups is 2. The van der Waals surface area contributed by atoms with Crippen LogP contribution in [0, 0.1) is 0 Å². The molecular weight excluding hydrogens is 335 g/mol. The van der Waals surface area contributed by atoms with Crippen molar-refractivity contribution in [3.63, 3.8) is 0 Å². The maximum atomic E-state index is 12.1. The molecule has 1 atom stereocenters. The van der Waals surface area contributed by atoms with Crippen molar-refractivity contribution in [2.45, 2.75) is 13.1 Å². The highest BCUT2D eigenvalue weighted by molar-refractivity contribution is 7.98. The van der Waals surface area contributed by atoms with E-state index < -0.39 is 6.17 Å². The van der Waals surface area contributed by atoms with E-state index in [2.05, 4.69) is 0 Å². The number of nitrogens with zero attached hydrogens (tertiary/aromatic N) is 2. The first kappa shape index (κ1) is 16.4. The van der Waals surface area contributed by atoms with Crippen LogP contribution >= 0.6 is 35.0 Å². The van der Waals surface area contributed by atoms with Crippen LogP contribution in [0.1, 0.15) is 18.7 Å². The first-order valence-electron chi connectivity index (χ1n) is 6.11. The van der Waals surface area contributed by atoms with Crippen molar-refractivity contribution in [2.75, 3.05) is 18.7 Å². The lowest BCUT2D eigenvalue weighted by molar-refractivity contribution is -0.188. The van der Waals surface area contributed by atoms with Gasteiger partial charge in [-0.15, -0.1) is 11.8 Å². The molecule has 1 aromatic rings. The Morgan fingerprint density at radius 2 is 2.19 bits per heavy atom. The average molecular weight is 349 g/mol. The number of benzene rings is 1. The first-order valence-corrected chi connectivity index (χ1v) is 8.26. The third-order valence-electron chi connectivity index (χ3n) is 3.02. The van der Waals surface area contributed by atoms with E-state index in [-0.39, 0.29) is 18.4 Å². The fourth-order valence-corrected chi connectivity index (χ4v) is 2.83. The molecule has 114 valence electrons. The molecule has 1 aliphatic heterocycles. The van der Waals surface area contributed by atoms with Gasteiger partial charge in [0.2, 0.25) is 5.91 Å². The van der Waals surface area contributed by atoms with E-state index in [0.29, 0.717) is 21.5 Å². The number of hydroxylamine groups is 2. The summed E-state index contributed by atoms with van der Waals surface area (Å²) in [7, 11) is 0. The van der Waals surface area contributed by atoms with Crippen molar-refractivity contribution in [3.05, 3.63) is 33.8 Å². The molecule has 21 heavy (non-hydrogen) atoms. The van der Waals surface area contributed by atoms with Crippen LogP contribution in [0.2, 0.25) is 10.0 Å². The normalized spacial score (nSPS) is 18.5. The maximum Gasteiger partial charge on any atom is 0.268 e. The Morgan fingerprint density at radius 3 is 2.76 bits per heavy atom. The number of carbonyl (C=O) groups excluding carboxylic acids is 2. The molecule has 1 aromatic carbocycles. The molecule has 0 unspecified atom stereocenters. The van der Waals surface area contributed by atoms with E-state index in [9.17, 15) is 9.59 Å². The van der Waals surface area contributed by atoms with E-state index in [1.54, 1.807) is 18.2 Å². The van der Waals surface area contributed by atoms with Gasteiger partial charge in [0.15, 0.2) is 6.17 Å². The van der Waals surface area contributed by atoms with Crippen LogP contribution in [0.5, 0.6) is 0 Å². The summed E-state index contributed by atoms with van der Waals surface area (Å²) in [4.78, 5) is 30.7. The number of hydrogen-bond acceptors (Lipinski definition) is 4. The second-order valence-corrected chi connectivity index (χ2v) is 6.10. The van der Waals surface area contributed by atoms with Crippen molar-refractivity contribution in [1.82, 2.24) is 9.96 Å². The molecule has 0 aliphatic carbocycles. The molecule has 0 radical (unpaired) electrons. The van der Waals surface area contributed by atoms with Gasteiger partial charge < -0.3 is 4.90 Å². The first-order chi connectivity index (χ1) is 9.95. The predicted octanol–water partition coefficient (Wildman–Crippen LogP) is 2.93. The van der Waals surface area contributed by atoms with Gasteiger partial charge in [0.05, 0.1) is 0 Å². The van der Waals surface area contributed by atoms with Crippen LogP contribution in [0.15, 0.2) is 18.2 Å². The molecule has 1 fully saturated rings. The summed E-state index contributed by atoms with van der Waals surface area (Å²) in [5, 5.41) is 2.07. The molecule has 2 amide bonds. The predicted molar refractivity (Wildman–Crippen MR) is 82.9 cm³/mol. The molecule has 0 aromatic heterocycles. The van der Waals surface area contributed by atoms with Crippen LogP contribution in [0.25, 0.3) is 0 Å². The van der Waals surface area contributed by atoms with Crippen LogP contribution < -0.4 is 0 Å². The third kappa shape index (κ3) is 3.45. The van der Waals surface area contributed by atoms with E-state index in [1.807, 2.05) is 6.26 Å². The number of hydrogen-bond donors (Lipinski definition) is 0. The van der Waals surface area contributed by atoms with E-state index in [1.165, 1.54) is 28.6 Å². The zero-order valence-corrected chi connectivity index (χ0v) is 13.8. The molecule has 8 heteroatoms. The van der Waals surface area contributed by atoms with Gasteiger partial charge in [-0.3, -0.25) is 14.4 Å². The van der Waals surface area contributed by atoms with Crippen LogP contribution in [0.4, 0.5) is 0 Å². The largest absolute Gasteiger partial charge is 0.307 e. The molecule has 1 heterocycles. The number of thioether (sulfide) groups is 1. The quantitative estimate of drug-likeness (QED) is 0.785. The summed E-state index contributed by atoms with van der Waals surface area (Å²) in [5.41, 5.74) is 0.600. The number of amides is 2. The van der Waals surface area contributed by atoms with Crippen molar-refractivity contribution in [2.24, 2.45) is 0 Å². The van der Waals surface area contributed by atoms with Crippen molar-refractivity contribution in [1.29, 1.82) is 0 Å². The van der Waals surface area contributed by atoms with E-state index in [4.69, 9.17) is 28.0 Å². The highest BCUT2D eigenvalue weighted by Crippen LogP contribution is 2.36. The lowest BCUT2D eigenvalue weighted by atomic mass is 10.1. The zero-order valence-electron chi connectivity index (χ0n) is 11.5. The average Bonchev–Trinajstić information content (AvgIpc) is 2.74. The van der Waals surface area contributed by atoms with Gasteiger partial charge in [-0.05, 0) is 18.4 Å². The molecule has 0 spiro atoms. The fraction of sp³-hybridized carbons (Fsp3) is 0.385. The maximum absolute atomic E-state index is 12.1. The highest BCUT2D eigenvalue weighted by atomic mass is 35.5. The molecule has 0 N–H and O–H groups in total. The van der Waals surface area contributed by atoms with Gasteiger partial charge in [-0.2, -0.15) is 5.06 Å². The fourth-order valence-electron chi connectivity index (χ4n) is 2.11. The minimum absolute atomic E-state index is 0.0344. The minimum atomic E-state index is -0.674. The molecule has 0 bridgehead atoms. The Balaban J connectivity index is 2.41. The molecular formula is C13H14Cl2N2O3S. The minimum Gasteiger partial charge on any atom is -0.307 e. The SMILES string of the molecule is CSCON1C(=O)CN(C(C)=O)[C@H]1c1ccc(Cl)cc1Cl. The molecule has 2 rings (SSSR count). The molecule has 1 aliphatic rings. The summed E-state index contributed by atoms with van der Waals surface area (Å²) in [6, 6.07) is 4.93. The Kier molecular flexibility index (Phi) is 5.37. The summed E-state index contributed by atoms with van der Waals surface area (Å²) in [5.74, 6) is -0.205. The summed E-state index contributed by atoms with van der Waals surface area (Å²) in [6.07, 6.45) is 1.18. The third-order valence-corrected chi connectivity index (χ3v) is 3.93. The van der Waals surface area contributed by atoms with Gasteiger partial charge in [0, 0.05) is 22.5 Å². The van der Waals surface area contributed by atoms with Crippen LogP contribution in [0.3, 0.4) is 0 Å². The summed E-state index contributed by atoms with van der Waals surface area (Å²) >= 11 is 13.5. The molecule has 0 saturated carbocycles. The zero-order chi connectivity index (χ0) is 15.6. The lowest BCUT2D eigenvalue weighted by Gasteiger charge is -2.29. The Labute approximate surface area is 137 Å². The smallest absolute Gasteiger partial charge is 0.268 e. The van der Waals surface area contributed by atoms with Gasteiger partial charge in [0.25, 0.3) is 5.91 Å². The van der Waals surface area contributed by atoms with Crippen LogP contribution in [-0.4, -0.2) is 40.5 Å². The van der Waals surface area contributed by atoms with Gasteiger partial charge in [-0.25, -0.2) is 0 Å². The van der Waals surface area contributed by atoms with Crippen molar-refractivity contribution < 1.29 is 14.4 Å². The Bertz CT molecular complexity index is 570. The summed E-state index contributed by atoms with van der Waals surface area (Å²) < 4.78 is 0. The number of rotatable bonds is 4. The Morgan fingerprint density at radius 1 is 1.48 bits per heavy atom. The number of halogens is 2. The van der Waals surface area contributed by atoms with E-state index >= 15 is 0 Å².